The lowest BCUT2D eigenvalue weighted by Gasteiger charge is -2.21. The smallest absolute Gasteiger partial charge is 0.244 e. The number of nitrogens with zero attached hydrogens (tertiary/aromatic N) is 5. The van der Waals surface area contributed by atoms with E-state index in [0.717, 1.165) is 12.8 Å². The van der Waals surface area contributed by atoms with E-state index in [4.69, 9.17) is 0 Å². The molecule has 1 heterocycles. The Morgan fingerprint density at radius 3 is 2.62 bits per heavy atom. The largest absolute Gasteiger partial charge is 0.314 e. The zero-order valence-electron chi connectivity index (χ0n) is 13.5. The van der Waals surface area contributed by atoms with E-state index >= 15 is 0 Å². The van der Waals surface area contributed by atoms with Crippen molar-refractivity contribution in [2.75, 3.05) is 11.9 Å². The Bertz CT molecular complexity index is 830. The summed E-state index contributed by atoms with van der Waals surface area (Å²) in [6.07, 6.45) is 1.90. The van der Waals surface area contributed by atoms with Crippen LogP contribution in [0.15, 0.2) is 30.3 Å². The molecule has 1 atom stereocenters. The summed E-state index contributed by atoms with van der Waals surface area (Å²) in [6.45, 7) is 1.41. The van der Waals surface area contributed by atoms with Gasteiger partial charge in [-0.25, -0.2) is 13.1 Å². The molecule has 0 spiro atoms. The molecule has 0 N–H and O–H groups in total. The summed E-state index contributed by atoms with van der Waals surface area (Å²) < 4.78 is 26.8. The Labute approximate surface area is 140 Å². The molecule has 1 amide bonds. The van der Waals surface area contributed by atoms with Crippen molar-refractivity contribution in [3.05, 3.63) is 36.2 Å². The lowest BCUT2D eigenvalue weighted by atomic mass is 10.3. The van der Waals surface area contributed by atoms with Crippen LogP contribution in [-0.4, -0.2) is 46.8 Å². The van der Waals surface area contributed by atoms with E-state index in [2.05, 4.69) is 15.5 Å². The molecule has 2 aromatic rings. The summed E-state index contributed by atoms with van der Waals surface area (Å²) >= 11 is 0. The first-order valence-electron chi connectivity index (χ1n) is 7.71. The van der Waals surface area contributed by atoms with Crippen molar-refractivity contribution in [1.29, 1.82) is 0 Å². The number of sulfone groups is 1. The van der Waals surface area contributed by atoms with Crippen molar-refractivity contribution < 1.29 is 13.2 Å². The standard InChI is InChI=1S/C15H19N5O3S/c1-11(15(21)19(2)12-6-4-3-5-7-12)24(22,23)10-14-16-17-18-20(14)13-8-9-13/h3-7,11,13H,8-10H2,1-2H3. The van der Waals surface area contributed by atoms with Gasteiger partial charge in [-0.3, -0.25) is 4.79 Å². The second kappa shape index (κ2) is 6.31. The third kappa shape index (κ3) is 3.30. The SMILES string of the molecule is CC(C(=O)N(C)c1ccccc1)S(=O)(=O)Cc1nnnn1C1CC1. The zero-order valence-corrected chi connectivity index (χ0v) is 14.3. The van der Waals surface area contributed by atoms with Crippen LogP contribution < -0.4 is 4.90 Å². The summed E-state index contributed by atoms with van der Waals surface area (Å²) in [4.78, 5) is 13.9. The normalized spacial score (nSPS) is 15.9. The molecule has 0 saturated heterocycles. The Balaban J connectivity index is 1.76. The van der Waals surface area contributed by atoms with Crippen LogP contribution in [-0.2, 0) is 20.4 Å². The molecule has 1 aliphatic carbocycles. The van der Waals surface area contributed by atoms with Crippen LogP contribution in [0.25, 0.3) is 0 Å². The predicted octanol–water partition coefficient (Wildman–Crippen LogP) is 0.974. The first-order chi connectivity index (χ1) is 11.4. The average Bonchev–Trinajstić information content (AvgIpc) is 3.33. The van der Waals surface area contributed by atoms with Crippen molar-refractivity contribution in [2.45, 2.75) is 36.8 Å². The molecule has 1 aliphatic rings. The maximum Gasteiger partial charge on any atom is 0.244 e. The van der Waals surface area contributed by atoms with Gasteiger partial charge in [0.15, 0.2) is 15.7 Å². The fraction of sp³-hybridized carbons (Fsp3) is 0.467. The minimum absolute atomic E-state index is 0.184. The third-order valence-electron chi connectivity index (χ3n) is 4.14. The molecular weight excluding hydrogens is 330 g/mol. The highest BCUT2D eigenvalue weighted by atomic mass is 32.2. The number of aromatic nitrogens is 4. The third-order valence-corrected chi connectivity index (χ3v) is 6.08. The molecule has 1 fully saturated rings. The lowest BCUT2D eigenvalue weighted by Crippen LogP contribution is -2.40. The van der Waals surface area contributed by atoms with Crippen molar-refractivity contribution in [3.8, 4) is 0 Å². The second-order valence-electron chi connectivity index (χ2n) is 5.95. The zero-order chi connectivity index (χ0) is 17.3. The monoisotopic (exact) mass is 349 g/mol. The minimum Gasteiger partial charge on any atom is -0.314 e. The van der Waals surface area contributed by atoms with Gasteiger partial charge in [-0.05, 0) is 42.3 Å². The van der Waals surface area contributed by atoms with Gasteiger partial charge in [0.2, 0.25) is 5.91 Å². The van der Waals surface area contributed by atoms with Crippen molar-refractivity contribution >= 4 is 21.4 Å². The van der Waals surface area contributed by atoms with Gasteiger partial charge in [0, 0.05) is 12.7 Å². The number of rotatable bonds is 6. The topological polar surface area (TPSA) is 98.1 Å². The molecule has 24 heavy (non-hydrogen) atoms. The number of amides is 1. The van der Waals surface area contributed by atoms with Crippen molar-refractivity contribution in [2.24, 2.45) is 0 Å². The van der Waals surface area contributed by atoms with Gasteiger partial charge in [-0.15, -0.1) is 5.10 Å². The Hall–Kier alpha value is -2.29. The Kier molecular flexibility index (Phi) is 4.35. The number of carbonyl (C=O) groups excluding carboxylic acids is 1. The number of hydrogen-bond acceptors (Lipinski definition) is 6. The molecule has 3 rings (SSSR count). The molecule has 0 bridgehead atoms. The van der Waals surface area contributed by atoms with Crippen LogP contribution in [0.5, 0.6) is 0 Å². The van der Waals surface area contributed by atoms with E-state index in [1.807, 2.05) is 6.07 Å². The highest BCUT2D eigenvalue weighted by Crippen LogP contribution is 2.34. The molecule has 9 heteroatoms. The van der Waals surface area contributed by atoms with E-state index in [9.17, 15) is 13.2 Å². The maximum atomic E-state index is 12.6. The summed E-state index contributed by atoms with van der Waals surface area (Å²) in [5, 5.41) is 10.0. The summed E-state index contributed by atoms with van der Waals surface area (Å²) in [5.74, 6) is -0.530. The summed E-state index contributed by atoms with van der Waals surface area (Å²) in [6, 6.07) is 9.11. The Morgan fingerprint density at radius 2 is 2.00 bits per heavy atom. The highest BCUT2D eigenvalue weighted by molar-refractivity contribution is 7.92. The summed E-state index contributed by atoms with van der Waals surface area (Å²) in [7, 11) is -2.15. The highest BCUT2D eigenvalue weighted by Gasteiger charge is 2.35. The van der Waals surface area contributed by atoms with Gasteiger partial charge in [0.25, 0.3) is 0 Å². The van der Waals surface area contributed by atoms with Crippen LogP contribution >= 0.6 is 0 Å². The second-order valence-corrected chi connectivity index (χ2v) is 8.27. The van der Waals surface area contributed by atoms with Crippen molar-refractivity contribution in [1.82, 2.24) is 20.2 Å². The summed E-state index contributed by atoms with van der Waals surface area (Å²) in [5.41, 5.74) is 0.646. The lowest BCUT2D eigenvalue weighted by molar-refractivity contribution is -0.117. The van der Waals surface area contributed by atoms with Gasteiger partial charge in [0.1, 0.15) is 11.0 Å². The first-order valence-corrected chi connectivity index (χ1v) is 9.42. The number of hydrogen-bond donors (Lipinski definition) is 0. The maximum absolute atomic E-state index is 12.6. The molecule has 1 saturated carbocycles. The van der Waals surface area contributed by atoms with Gasteiger partial charge >= 0.3 is 0 Å². The number of para-hydroxylation sites is 1. The quantitative estimate of drug-likeness (QED) is 0.771. The molecule has 0 radical (unpaired) electrons. The van der Waals surface area contributed by atoms with E-state index in [-0.39, 0.29) is 11.8 Å². The Morgan fingerprint density at radius 1 is 1.33 bits per heavy atom. The van der Waals surface area contributed by atoms with Crippen LogP contribution in [0.1, 0.15) is 31.6 Å². The van der Waals surface area contributed by atoms with Gasteiger partial charge < -0.3 is 4.90 Å². The van der Waals surface area contributed by atoms with Crippen LogP contribution in [0.4, 0.5) is 5.69 Å². The number of tetrazole rings is 1. The molecule has 1 aromatic carbocycles. The molecule has 8 nitrogen and oxygen atoms in total. The first kappa shape index (κ1) is 16.6. The number of anilines is 1. The van der Waals surface area contributed by atoms with Crippen LogP contribution in [0, 0.1) is 0 Å². The van der Waals surface area contributed by atoms with E-state index in [1.54, 1.807) is 36.0 Å². The van der Waals surface area contributed by atoms with Crippen LogP contribution in [0.2, 0.25) is 0 Å². The van der Waals surface area contributed by atoms with E-state index in [0.29, 0.717) is 11.5 Å². The van der Waals surface area contributed by atoms with Crippen molar-refractivity contribution in [3.63, 3.8) is 0 Å². The molecule has 128 valence electrons. The molecule has 1 unspecified atom stereocenters. The number of benzene rings is 1. The predicted molar refractivity (Wildman–Crippen MR) is 88.0 cm³/mol. The average molecular weight is 349 g/mol. The van der Waals surface area contributed by atoms with E-state index in [1.165, 1.54) is 11.8 Å². The van der Waals surface area contributed by atoms with Gasteiger partial charge in [-0.2, -0.15) is 0 Å². The van der Waals surface area contributed by atoms with E-state index < -0.39 is 21.0 Å². The fourth-order valence-corrected chi connectivity index (χ4v) is 3.69. The fourth-order valence-electron chi connectivity index (χ4n) is 2.42. The van der Waals surface area contributed by atoms with Gasteiger partial charge in [-0.1, -0.05) is 18.2 Å². The molecule has 0 aliphatic heterocycles. The van der Waals surface area contributed by atoms with Gasteiger partial charge in [0.05, 0.1) is 6.04 Å². The van der Waals surface area contributed by atoms with Crippen LogP contribution in [0.3, 0.4) is 0 Å². The number of carbonyl (C=O) groups is 1. The minimum atomic E-state index is -3.72. The molecular formula is C15H19N5O3S. The molecule has 1 aromatic heterocycles.